The van der Waals surface area contributed by atoms with Gasteiger partial charge in [-0.2, -0.15) is 0 Å². The van der Waals surface area contributed by atoms with Crippen molar-refractivity contribution in [2.75, 3.05) is 5.73 Å². The number of aromatic nitrogens is 1. The average Bonchev–Trinajstić information content (AvgIpc) is 2.29. The Morgan fingerprint density at radius 3 is 2.71 bits per heavy atom. The second kappa shape index (κ2) is 4.43. The molecule has 1 heterocycles. The van der Waals surface area contributed by atoms with Crippen LogP contribution in [0.3, 0.4) is 0 Å². The van der Waals surface area contributed by atoms with Gasteiger partial charge in [0.1, 0.15) is 0 Å². The van der Waals surface area contributed by atoms with E-state index in [0.29, 0.717) is 16.3 Å². The number of nitrogens with zero attached hydrogens (tertiary/aromatic N) is 1. The number of aromatic carboxylic acids is 1. The number of benzene rings is 1. The van der Waals surface area contributed by atoms with E-state index in [9.17, 15) is 4.79 Å². The van der Waals surface area contributed by atoms with Gasteiger partial charge in [0.05, 0.1) is 16.3 Å². The molecular weight excluding hydrogens is 240 g/mol. The molecule has 0 aliphatic heterocycles. The number of carboxylic acids is 1. The fraction of sp³-hybridized carbons (Fsp3) is 0. The van der Waals surface area contributed by atoms with Gasteiger partial charge in [-0.05, 0) is 24.3 Å². The quantitative estimate of drug-likeness (QED) is 0.801. The number of nitrogen functional groups attached to an aromatic ring is 1. The molecule has 86 valence electrons. The van der Waals surface area contributed by atoms with E-state index in [0.717, 1.165) is 0 Å². The summed E-state index contributed by atoms with van der Waals surface area (Å²) in [5.74, 6) is -1.05. The number of pyridine rings is 1. The van der Waals surface area contributed by atoms with Crippen LogP contribution in [0, 0.1) is 0 Å². The van der Waals surface area contributed by atoms with Crippen LogP contribution in [0.25, 0.3) is 11.3 Å². The zero-order chi connectivity index (χ0) is 12.4. The maximum absolute atomic E-state index is 10.8. The lowest BCUT2D eigenvalue weighted by atomic mass is 10.1. The fourth-order valence-electron chi connectivity index (χ4n) is 1.50. The molecule has 0 unspecified atom stereocenters. The van der Waals surface area contributed by atoms with E-state index in [2.05, 4.69) is 4.98 Å². The van der Waals surface area contributed by atoms with Crippen molar-refractivity contribution in [3.8, 4) is 11.3 Å². The van der Waals surface area contributed by atoms with Gasteiger partial charge in [0.2, 0.25) is 0 Å². The first kappa shape index (κ1) is 11.4. The van der Waals surface area contributed by atoms with Crippen molar-refractivity contribution >= 4 is 23.3 Å². The van der Waals surface area contributed by atoms with Crippen LogP contribution in [0.5, 0.6) is 0 Å². The van der Waals surface area contributed by atoms with Crippen LogP contribution in [0.1, 0.15) is 10.4 Å². The molecule has 3 N–H and O–H groups in total. The highest BCUT2D eigenvalue weighted by atomic mass is 35.5. The molecule has 2 aromatic rings. The molecule has 0 saturated carbocycles. The van der Waals surface area contributed by atoms with Gasteiger partial charge in [0, 0.05) is 17.4 Å². The van der Waals surface area contributed by atoms with Crippen LogP contribution in [0.4, 0.5) is 5.69 Å². The molecule has 0 amide bonds. The minimum atomic E-state index is -1.05. The van der Waals surface area contributed by atoms with Crippen LogP contribution in [0.15, 0.2) is 36.5 Å². The highest BCUT2D eigenvalue weighted by molar-refractivity contribution is 6.33. The topological polar surface area (TPSA) is 76.2 Å². The summed E-state index contributed by atoms with van der Waals surface area (Å²) < 4.78 is 0. The molecule has 0 atom stereocenters. The van der Waals surface area contributed by atoms with Crippen molar-refractivity contribution in [2.45, 2.75) is 0 Å². The van der Waals surface area contributed by atoms with E-state index in [1.54, 1.807) is 30.5 Å². The third kappa shape index (κ3) is 2.21. The number of carboxylic acid groups (broad SMARTS) is 1. The molecule has 0 fully saturated rings. The number of hydrogen-bond donors (Lipinski definition) is 2. The first-order chi connectivity index (χ1) is 8.09. The van der Waals surface area contributed by atoms with Crippen LogP contribution in [0.2, 0.25) is 5.02 Å². The monoisotopic (exact) mass is 248 g/mol. The number of nitrogens with two attached hydrogens (primary N) is 1. The third-order valence-corrected chi connectivity index (χ3v) is 2.62. The van der Waals surface area contributed by atoms with Gasteiger partial charge < -0.3 is 10.8 Å². The SMILES string of the molecule is Nc1cc(-c2ncccc2Cl)ccc1C(=O)O. The number of halogens is 1. The zero-order valence-corrected chi connectivity index (χ0v) is 9.48. The first-order valence-corrected chi connectivity index (χ1v) is 5.21. The summed E-state index contributed by atoms with van der Waals surface area (Å²) in [6.07, 6.45) is 1.61. The van der Waals surface area contributed by atoms with Gasteiger partial charge in [-0.15, -0.1) is 0 Å². The Labute approximate surface area is 103 Å². The van der Waals surface area contributed by atoms with Gasteiger partial charge in [-0.1, -0.05) is 17.7 Å². The van der Waals surface area contributed by atoms with Crippen molar-refractivity contribution < 1.29 is 9.90 Å². The smallest absolute Gasteiger partial charge is 0.337 e. The minimum absolute atomic E-state index is 0.0702. The Bertz CT molecular complexity index is 584. The zero-order valence-electron chi connectivity index (χ0n) is 8.72. The highest BCUT2D eigenvalue weighted by Crippen LogP contribution is 2.27. The number of carbonyl (C=O) groups is 1. The molecule has 17 heavy (non-hydrogen) atoms. The summed E-state index contributed by atoms with van der Waals surface area (Å²) in [6.45, 7) is 0. The van der Waals surface area contributed by atoms with E-state index in [4.69, 9.17) is 22.4 Å². The molecule has 0 aliphatic carbocycles. The summed E-state index contributed by atoms with van der Waals surface area (Å²) in [5.41, 5.74) is 7.19. The highest BCUT2D eigenvalue weighted by Gasteiger charge is 2.10. The van der Waals surface area contributed by atoms with Crippen molar-refractivity contribution in [3.63, 3.8) is 0 Å². The second-order valence-electron chi connectivity index (χ2n) is 3.44. The first-order valence-electron chi connectivity index (χ1n) is 4.83. The Balaban J connectivity index is 2.52. The second-order valence-corrected chi connectivity index (χ2v) is 3.85. The van der Waals surface area contributed by atoms with Crippen molar-refractivity contribution in [3.05, 3.63) is 47.1 Å². The maximum Gasteiger partial charge on any atom is 0.337 e. The van der Waals surface area contributed by atoms with E-state index < -0.39 is 5.97 Å². The summed E-state index contributed by atoms with van der Waals surface area (Å²) in [7, 11) is 0. The van der Waals surface area contributed by atoms with E-state index >= 15 is 0 Å². The van der Waals surface area contributed by atoms with Crippen LogP contribution >= 0.6 is 11.6 Å². The lowest BCUT2D eigenvalue weighted by molar-refractivity contribution is 0.0698. The van der Waals surface area contributed by atoms with Crippen LogP contribution in [-0.4, -0.2) is 16.1 Å². The molecule has 0 aliphatic rings. The van der Waals surface area contributed by atoms with Crippen molar-refractivity contribution in [1.29, 1.82) is 0 Å². The number of rotatable bonds is 2. The molecule has 0 radical (unpaired) electrons. The normalized spacial score (nSPS) is 10.2. The average molecular weight is 249 g/mol. The number of hydrogen-bond acceptors (Lipinski definition) is 3. The maximum atomic E-state index is 10.8. The van der Waals surface area contributed by atoms with Gasteiger partial charge in [0.15, 0.2) is 0 Å². The predicted octanol–water partition coefficient (Wildman–Crippen LogP) is 2.68. The van der Waals surface area contributed by atoms with E-state index in [1.807, 2.05) is 0 Å². The van der Waals surface area contributed by atoms with Crippen LogP contribution in [-0.2, 0) is 0 Å². The molecule has 5 heteroatoms. The summed E-state index contributed by atoms with van der Waals surface area (Å²) in [6, 6.07) is 8.07. The molecule has 0 spiro atoms. The van der Waals surface area contributed by atoms with E-state index in [1.165, 1.54) is 6.07 Å². The number of anilines is 1. The lowest BCUT2D eigenvalue weighted by Crippen LogP contribution is -2.02. The standard InChI is InChI=1S/C12H9ClN2O2/c13-9-2-1-5-15-11(9)7-3-4-8(12(16)17)10(14)6-7/h1-6H,14H2,(H,16,17). The Morgan fingerprint density at radius 2 is 2.12 bits per heavy atom. The Hall–Kier alpha value is -2.07. The van der Waals surface area contributed by atoms with Crippen LogP contribution < -0.4 is 5.73 Å². The molecule has 1 aromatic heterocycles. The Kier molecular flexibility index (Phi) is 2.97. The minimum Gasteiger partial charge on any atom is -0.478 e. The van der Waals surface area contributed by atoms with Crippen molar-refractivity contribution in [2.24, 2.45) is 0 Å². The summed E-state index contributed by atoms with van der Waals surface area (Å²) in [5, 5.41) is 9.36. The largest absolute Gasteiger partial charge is 0.478 e. The molecule has 0 bridgehead atoms. The van der Waals surface area contributed by atoms with Gasteiger partial charge in [-0.25, -0.2) is 4.79 Å². The van der Waals surface area contributed by atoms with Gasteiger partial charge in [-0.3, -0.25) is 4.98 Å². The van der Waals surface area contributed by atoms with E-state index in [-0.39, 0.29) is 11.3 Å². The summed E-state index contributed by atoms with van der Waals surface area (Å²) >= 11 is 5.99. The predicted molar refractivity (Wildman–Crippen MR) is 66.1 cm³/mol. The van der Waals surface area contributed by atoms with Gasteiger partial charge >= 0.3 is 5.97 Å². The molecule has 0 saturated heterocycles. The lowest BCUT2D eigenvalue weighted by Gasteiger charge is -2.06. The molecular formula is C12H9ClN2O2. The fourth-order valence-corrected chi connectivity index (χ4v) is 1.73. The third-order valence-electron chi connectivity index (χ3n) is 2.31. The molecule has 2 rings (SSSR count). The van der Waals surface area contributed by atoms with Gasteiger partial charge in [0.25, 0.3) is 0 Å². The molecule has 1 aromatic carbocycles. The molecule has 4 nitrogen and oxygen atoms in total. The summed E-state index contributed by atoms with van der Waals surface area (Å²) in [4.78, 5) is 14.9. The Morgan fingerprint density at radius 1 is 1.35 bits per heavy atom. The van der Waals surface area contributed by atoms with Crippen molar-refractivity contribution in [1.82, 2.24) is 4.98 Å².